The van der Waals surface area contributed by atoms with Crippen LogP contribution in [0.25, 0.3) is 0 Å². The summed E-state index contributed by atoms with van der Waals surface area (Å²) < 4.78 is 0. The molecule has 0 aliphatic heterocycles. The molecule has 0 spiro atoms. The molecular weight excluding hydrogens is 274 g/mol. The lowest BCUT2D eigenvalue weighted by molar-refractivity contribution is -0.119. The van der Waals surface area contributed by atoms with Gasteiger partial charge in [-0.1, -0.05) is 25.1 Å². The van der Waals surface area contributed by atoms with Gasteiger partial charge in [0, 0.05) is 15.7 Å². The van der Waals surface area contributed by atoms with Crippen molar-refractivity contribution in [2.75, 3.05) is 11.6 Å². The maximum absolute atomic E-state index is 12.2. The molecule has 0 bridgehead atoms. The van der Waals surface area contributed by atoms with Crippen molar-refractivity contribution in [3.63, 3.8) is 0 Å². The van der Waals surface area contributed by atoms with E-state index in [-0.39, 0.29) is 11.8 Å². The Kier molecular flexibility index (Phi) is 5.05. The smallest absolute Gasteiger partial charge is 0.227 e. The molecule has 4 heteroatoms. The standard InChI is InChI=1S/C15H17NOS2/c1-11(10-12-6-5-9-19-12)15(17)16-13-7-3-4-8-14(13)18-2/h3-9,11H,10H2,1-2H3,(H,16,17)/t11-/m1/s1. The van der Waals surface area contributed by atoms with E-state index >= 15 is 0 Å². The highest BCUT2D eigenvalue weighted by molar-refractivity contribution is 7.98. The summed E-state index contributed by atoms with van der Waals surface area (Å²) in [5.74, 6) is 0.0588. The number of benzene rings is 1. The zero-order chi connectivity index (χ0) is 13.7. The Labute approximate surface area is 122 Å². The van der Waals surface area contributed by atoms with Crippen molar-refractivity contribution in [1.29, 1.82) is 0 Å². The van der Waals surface area contributed by atoms with Crippen LogP contribution in [-0.4, -0.2) is 12.2 Å². The van der Waals surface area contributed by atoms with Crippen LogP contribution in [0.3, 0.4) is 0 Å². The van der Waals surface area contributed by atoms with Crippen LogP contribution in [0.15, 0.2) is 46.7 Å². The van der Waals surface area contributed by atoms with E-state index in [2.05, 4.69) is 11.4 Å². The fraction of sp³-hybridized carbons (Fsp3) is 0.267. The second-order valence-electron chi connectivity index (χ2n) is 4.37. The second kappa shape index (κ2) is 6.78. The van der Waals surface area contributed by atoms with Crippen LogP contribution in [0.2, 0.25) is 0 Å². The molecule has 2 rings (SSSR count). The Balaban J connectivity index is 2.00. The number of hydrogen-bond acceptors (Lipinski definition) is 3. The van der Waals surface area contributed by atoms with Gasteiger partial charge in [-0.25, -0.2) is 0 Å². The molecule has 1 aromatic carbocycles. The van der Waals surface area contributed by atoms with Gasteiger partial charge in [-0.05, 0) is 36.3 Å². The van der Waals surface area contributed by atoms with Crippen LogP contribution in [0.4, 0.5) is 5.69 Å². The molecule has 0 fully saturated rings. The first-order chi connectivity index (χ1) is 9.20. The lowest BCUT2D eigenvalue weighted by atomic mass is 10.1. The molecule has 1 N–H and O–H groups in total. The van der Waals surface area contributed by atoms with E-state index in [4.69, 9.17) is 0 Å². The summed E-state index contributed by atoms with van der Waals surface area (Å²) in [4.78, 5) is 14.5. The number of anilines is 1. The first-order valence-electron chi connectivity index (χ1n) is 6.17. The zero-order valence-electron chi connectivity index (χ0n) is 11.1. The molecule has 1 atom stereocenters. The first-order valence-corrected chi connectivity index (χ1v) is 8.27. The number of carbonyl (C=O) groups excluding carboxylic acids is 1. The highest BCUT2D eigenvalue weighted by Gasteiger charge is 2.15. The van der Waals surface area contributed by atoms with Gasteiger partial charge in [0.15, 0.2) is 0 Å². The Bertz CT molecular complexity index is 537. The van der Waals surface area contributed by atoms with E-state index in [9.17, 15) is 4.79 Å². The summed E-state index contributed by atoms with van der Waals surface area (Å²) in [6, 6.07) is 12.0. The van der Waals surface area contributed by atoms with E-state index in [1.165, 1.54) is 4.88 Å². The molecule has 2 aromatic rings. The Morgan fingerprint density at radius 1 is 1.32 bits per heavy atom. The third-order valence-corrected chi connectivity index (χ3v) is 4.59. The molecule has 0 saturated carbocycles. The van der Waals surface area contributed by atoms with E-state index in [0.29, 0.717) is 0 Å². The molecule has 2 nitrogen and oxygen atoms in total. The van der Waals surface area contributed by atoms with Crippen molar-refractivity contribution in [1.82, 2.24) is 0 Å². The molecule has 1 amide bonds. The topological polar surface area (TPSA) is 29.1 Å². The number of hydrogen-bond donors (Lipinski definition) is 1. The van der Waals surface area contributed by atoms with Crippen molar-refractivity contribution in [2.24, 2.45) is 5.92 Å². The monoisotopic (exact) mass is 291 g/mol. The van der Waals surface area contributed by atoms with Crippen molar-refractivity contribution >= 4 is 34.7 Å². The van der Waals surface area contributed by atoms with Gasteiger partial charge in [-0.15, -0.1) is 23.1 Å². The maximum Gasteiger partial charge on any atom is 0.227 e. The molecule has 100 valence electrons. The number of thioether (sulfide) groups is 1. The van der Waals surface area contributed by atoms with Crippen LogP contribution in [-0.2, 0) is 11.2 Å². The minimum atomic E-state index is -0.0198. The molecular formula is C15H17NOS2. The number of amides is 1. The van der Waals surface area contributed by atoms with Crippen LogP contribution in [0.1, 0.15) is 11.8 Å². The van der Waals surface area contributed by atoms with Gasteiger partial charge in [0.2, 0.25) is 5.91 Å². The summed E-state index contributed by atoms with van der Waals surface area (Å²) >= 11 is 3.34. The van der Waals surface area contributed by atoms with Gasteiger partial charge in [0.25, 0.3) is 0 Å². The lowest BCUT2D eigenvalue weighted by Gasteiger charge is -2.13. The third kappa shape index (κ3) is 3.85. The van der Waals surface area contributed by atoms with Crippen molar-refractivity contribution in [3.05, 3.63) is 46.7 Å². The molecule has 0 saturated heterocycles. The predicted molar refractivity (Wildman–Crippen MR) is 84.0 cm³/mol. The molecule has 0 radical (unpaired) electrons. The van der Waals surface area contributed by atoms with Gasteiger partial charge in [-0.2, -0.15) is 0 Å². The lowest BCUT2D eigenvalue weighted by Crippen LogP contribution is -2.22. The second-order valence-corrected chi connectivity index (χ2v) is 6.25. The van der Waals surface area contributed by atoms with E-state index in [0.717, 1.165) is 17.0 Å². The SMILES string of the molecule is CSc1ccccc1NC(=O)[C@H](C)Cc1cccs1. The van der Waals surface area contributed by atoms with Crippen molar-refractivity contribution in [3.8, 4) is 0 Å². The van der Waals surface area contributed by atoms with Gasteiger partial charge in [0.1, 0.15) is 0 Å². The number of para-hydroxylation sites is 1. The molecule has 0 unspecified atom stereocenters. The average molecular weight is 291 g/mol. The highest BCUT2D eigenvalue weighted by Crippen LogP contribution is 2.25. The van der Waals surface area contributed by atoms with Gasteiger partial charge in [0.05, 0.1) is 5.69 Å². The number of carbonyl (C=O) groups is 1. The van der Waals surface area contributed by atoms with E-state index < -0.39 is 0 Å². The Morgan fingerprint density at radius 3 is 2.79 bits per heavy atom. The van der Waals surface area contributed by atoms with Crippen molar-refractivity contribution < 1.29 is 4.79 Å². The van der Waals surface area contributed by atoms with E-state index in [1.54, 1.807) is 23.1 Å². The van der Waals surface area contributed by atoms with Crippen LogP contribution in [0.5, 0.6) is 0 Å². The molecule has 0 aliphatic carbocycles. The normalized spacial score (nSPS) is 12.1. The molecule has 1 heterocycles. The summed E-state index contributed by atoms with van der Waals surface area (Å²) in [5.41, 5.74) is 0.901. The van der Waals surface area contributed by atoms with Crippen LogP contribution in [0, 0.1) is 5.92 Å². The van der Waals surface area contributed by atoms with Gasteiger partial charge in [-0.3, -0.25) is 4.79 Å². The van der Waals surface area contributed by atoms with Gasteiger partial charge < -0.3 is 5.32 Å². The van der Waals surface area contributed by atoms with E-state index in [1.807, 2.05) is 48.9 Å². The predicted octanol–water partition coefficient (Wildman–Crippen LogP) is 4.29. The fourth-order valence-corrected chi connectivity index (χ4v) is 3.22. The zero-order valence-corrected chi connectivity index (χ0v) is 12.7. The summed E-state index contributed by atoms with van der Waals surface area (Å²) in [6.45, 7) is 1.97. The third-order valence-electron chi connectivity index (χ3n) is 2.90. The number of nitrogens with one attached hydrogen (secondary N) is 1. The summed E-state index contributed by atoms with van der Waals surface area (Å²) in [7, 11) is 0. The summed E-state index contributed by atoms with van der Waals surface area (Å²) in [6.07, 6.45) is 2.81. The average Bonchev–Trinajstić information content (AvgIpc) is 2.92. The summed E-state index contributed by atoms with van der Waals surface area (Å²) in [5, 5.41) is 5.06. The van der Waals surface area contributed by atoms with Crippen molar-refractivity contribution in [2.45, 2.75) is 18.2 Å². The minimum Gasteiger partial charge on any atom is -0.325 e. The Morgan fingerprint density at radius 2 is 2.11 bits per heavy atom. The first kappa shape index (κ1) is 14.2. The molecule has 1 aromatic heterocycles. The quantitative estimate of drug-likeness (QED) is 0.833. The largest absolute Gasteiger partial charge is 0.325 e. The highest BCUT2D eigenvalue weighted by atomic mass is 32.2. The number of rotatable bonds is 5. The molecule has 0 aliphatic rings. The fourth-order valence-electron chi connectivity index (χ4n) is 1.83. The Hall–Kier alpha value is -1.26. The minimum absolute atomic E-state index is 0.0198. The number of thiophene rings is 1. The molecule has 19 heavy (non-hydrogen) atoms. The maximum atomic E-state index is 12.2. The van der Waals surface area contributed by atoms with Crippen LogP contribution >= 0.6 is 23.1 Å². The van der Waals surface area contributed by atoms with Crippen LogP contribution < -0.4 is 5.32 Å². The van der Waals surface area contributed by atoms with Gasteiger partial charge >= 0.3 is 0 Å².